The molecule has 4 aliphatic heterocycles. The van der Waals surface area contributed by atoms with E-state index in [4.69, 9.17) is 29.2 Å². The zero-order valence-corrected chi connectivity index (χ0v) is 39.2. The van der Waals surface area contributed by atoms with Gasteiger partial charge in [-0.1, -0.05) is 52.8 Å². The van der Waals surface area contributed by atoms with Gasteiger partial charge in [0, 0.05) is 41.4 Å². The summed E-state index contributed by atoms with van der Waals surface area (Å²) in [7, 11) is 2.58. The number of benzene rings is 2. The van der Waals surface area contributed by atoms with E-state index in [-0.39, 0.29) is 35.7 Å². The summed E-state index contributed by atoms with van der Waals surface area (Å²) in [5, 5.41) is 6.46. The lowest BCUT2D eigenvalue weighted by atomic mass is 9.98. The molecule has 67 heavy (non-hydrogen) atoms. The summed E-state index contributed by atoms with van der Waals surface area (Å²) in [5.74, 6) is 1.87. The first kappa shape index (κ1) is 45.3. The summed E-state index contributed by atoms with van der Waals surface area (Å²) < 4.78 is 18.9. The van der Waals surface area contributed by atoms with Crippen molar-refractivity contribution in [1.29, 1.82) is 0 Å². The van der Waals surface area contributed by atoms with Crippen LogP contribution in [0.5, 0.6) is 5.75 Å². The number of imidazole rings is 2. The number of amides is 4. The predicted molar refractivity (Wildman–Crippen MR) is 253 cm³/mol. The molecule has 17 heteroatoms. The van der Waals surface area contributed by atoms with Crippen LogP contribution in [-0.2, 0) is 19.1 Å². The number of methoxy groups -OCH3 is 2. The van der Waals surface area contributed by atoms with Gasteiger partial charge in [0.25, 0.3) is 0 Å². The highest BCUT2D eigenvalue weighted by Crippen LogP contribution is 2.47. The number of nitrogens with one attached hydrogen (secondary N) is 4. The summed E-state index contributed by atoms with van der Waals surface area (Å²) in [6.45, 7) is 10.9. The average Bonchev–Trinajstić information content (AvgIpc) is 4.20. The number of rotatable bonds is 12. The number of carbonyl (C=O) groups excluding carboxylic acids is 4. The van der Waals surface area contributed by atoms with Gasteiger partial charge in [0.05, 0.1) is 67.0 Å². The lowest BCUT2D eigenvalue weighted by Gasteiger charge is -2.32. The van der Waals surface area contributed by atoms with Crippen molar-refractivity contribution in [2.45, 2.75) is 104 Å². The zero-order valence-electron chi connectivity index (χ0n) is 39.2. The minimum absolute atomic E-state index is 0.130. The number of allylic oxidation sites excluding steroid dienone is 1. The van der Waals surface area contributed by atoms with E-state index >= 15 is 0 Å². The second-order valence-electron chi connectivity index (χ2n) is 18.6. The highest BCUT2D eigenvalue weighted by Gasteiger charge is 2.40. The Balaban J connectivity index is 1.02. The first-order chi connectivity index (χ1) is 32.4. The Hall–Kier alpha value is -6.91. The summed E-state index contributed by atoms with van der Waals surface area (Å²) in [6, 6.07) is 12.8. The van der Waals surface area contributed by atoms with Crippen LogP contribution in [0.15, 0.2) is 71.6 Å². The number of H-pyrrole nitrogens is 2. The maximum absolute atomic E-state index is 13.8. The number of aromatic nitrogens is 5. The maximum atomic E-state index is 13.8. The number of likely N-dealkylation sites (tertiary alicyclic amines) is 2. The van der Waals surface area contributed by atoms with Crippen LogP contribution in [-0.4, -0.2) is 104 Å². The van der Waals surface area contributed by atoms with Crippen molar-refractivity contribution in [3.63, 3.8) is 0 Å². The first-order valence-electron chi connectivity index (χ1n) is 23.5. The predicted octanol–water partition coefficient (Wildman–Crippen LogP) is 8.45. The second kappa shape index (κ2) is 18.8. The van der Waals surface area contributed by atoms with Crippen LogP contribution < -0.4 is 15.4 Å². The van der Waals surface area contributed by atoms with E-state index in [9.17, 15) is 19.2 Å². The second-order valence-corrected chi connectivity index (χ2v) is 18.6. The fourth-order valence-corrected chi connectivity index (χ4v) is 10.00. The molecule has 0 saturated carbocycles. The van der Waals surface area contributed by atoms with Crippen molar-refractivity contribution in [1.82, 2.24) is 44.9 Å². The maximum Gasteiger partial charge on any atom is 0.407 e. The highest BCUT2D eigenvalue weighted by molar-refractivity contribution is 5.93. The number of aromatic amines is 2. The molecule has 2 saturated heterocycles. The molecule has 4 aliphatic rings. The van der Waals surface area contributed by atoms with Crippen molar-refractivity contribution in [2.75, 3.05) is 27.3 Å². The number of aliphatic imine (C=N–C) groups is 1. The van der Waals surface area contributed by atoms with Crippen molar-refractivity contribution in [2.24, 2.45) is 22.7 Å². The molecule has 4 N–H and O–H groups in total. The van der Waals surface area contributed by atoms with Gasteiger partial charge in [-0.2, -0.15) is 0 Å². The van der Waals surface area contributed by atoms with Crippen LogP contribution >= 0.6 is 0 Å². The van der Waals surface area contributed by atoms with Crippen LogP contribution in [0.4, 0.5) is 9.59 Å². The van der Waals surface area contributed by atoms with Gasteiger partial charge >= 0.3 is 12.2 Å². The Labute approximate surface area is 389 Å². The average molecular weight is 913 g/mol. The molecule has 6 atom stereocenters. The molecule has 0 bridgehead atoms. The molecule has 3 aromatic heterocycles. The minimum Gasteiger partial charge on any atom is -0.464 e. The number of hydrogen-bond donors (Lipinski definition) is 4. The summed E-state index contributed by atoms with van der Waals surface area (Å²) >= 11 is 0. The molecule has 2 aromatic carbocycles. The van der Waals surface area contributed by atoms with E-state index in [1.807, 2.05) is 56.0 Å². The third-order valence-corrected chi connectivity index (χ3v) is 13.7. The number of ether oxygens (including phenoxy) is 3. The third-order valence-electron chi connectivity index (χ3n) is 13.7. The van der Waals surface area contributed by atoms with Crippen LogP contribution in [0, 0.1) is 17.8 Å². The van der Waals surface area contributed by atoms with E-state index < -0.39 is 30.5 Å². The zero-order chi connectivity index (χ0) is 47.1. The lowest BCUT2D eigenvalue weighted by molar-refractivity contribution is -0.136. The fourth-order valence-electron chi connectivity index (χ4n) is 10.00. The number of alkyl carbamates (subject to hydrolysis) is 2. The molecule has 2 fully saturated rings. The molecule has 7 heterocycles. The smallest absolute Gasteiger partial charge is 0.407 e. The summed E-state index contributed by atoms with van der Waals surface area (Å²) in [5.41, 5.74) is 7.24. The van der Waals surface area contributed by atoms with E-state index in [1.165, 1.54) is 14.2 Å². The van der Waals surface area contributed by atoms with E-state index in [0.717, 1.165) is 88.9 Å². The van der Waals surface area contributed by atoms with Crippen LogP contribution in [0.2, 0.25) is 0 Å². The number of nitrogens with zero attached hydrogens (tertiary/aromatic N) is 6. The number of fused-ring (bicyclic) bond motifs is 5. The first-order valence-corrected chi connectivity index (χ1v) is 23.5. The normalized spacial score (nSPS) is 20.9. The Morgan fingerprint density at radius 1 is 0.791 bits per heavy atom. The molecule has 6 unspecified atom stereocenters. The Bertz CT molecular complexity index is 2750. The summed E-state index contributed by atoms with van der Waals surface area (Å²) in [6.07, 6.45) is 11.1. The van der Waals surface area contributed by atoms with Crippen molar-refractivity contribution in [3.8, 4) is 39.5 Å². The molecule has 0 aliphatic carbocycles. The van der Waals surface area contributed by atoms with Gasteiger partial charge in [-0.05, 0) is 86.6 Å². The van der Waals surface area contributed by atoms with Crippen LogP contribution in [0.25, 0.3) is 44.7 Å². The molecule has 5 aromatic rings. The molecular formula is C50H60N10O7. The van der Waals surface area contributed by atoms with Crippen molar-refractivity contribution in [3.05, 3.63) is 78.3 Å². The van der Waals surface area contributed by atoms with Crippen molar-refractivity contribution < 1.29 is 33.4 Å². The highest BCUT2D eigenvalue weighted by atomic mass is 16.5. The fraction of sp³-hybridized carbons (Fsp3) is 0.460. The monoisotopic (exact) mass is 912 g/mol. The van der Waals surface area contributed by atoms with E-state index in [2.05, 4.69) is 74.6 Å². The number of hydrogen-bond acceptors (Lipinski definition) is 10. The molecule has 9 rings (SSSR count). The third kappa shape index (κ3) is 8.66. The molecule has 352 valence electrons. The van der Waals surface area contributed by atoms with Gasteiger partial charge in [-0.15, -0.1) is 0 Å². The quantitative estimate of drug-likeness (QED) is 0.0948. The van der Waals surface area contributed by atoms with E-state index in [0.29, 0.717) is 36.4 Å². The SMILES string of the molecule is CCC1C=C(C2Oc3cc(-c4cnc(C5CCCN5C(=O)C(NC(=O)OC)C(C)C)[nH]4)ccc3-c3cc4cc(-c5cnc(C6CCCN6C(=O)C(NC(=O)OC)C(C)C)[nH]5)ccc4n32)N=CC1. The molecular weight excluding hydrogens is 853 g/mol. The molecule has 0 radical (unpaired) electrons. The molecule has 17 nitrogen and oxygen atoms in total. The largest absolute Gasteiger partial charge is 0.464 e. The number of carbonyl (C=O) groups is 4. The van der Waals surface area contributed by atoms with E-state index in [1.54, 1.807) is 6.20 Å². The Kier molecular flexibility index (Phi) is 12.7. The summed E-state index contributed by atoms with van der Waals surface area (Å²) in [4.78, 5) is 77.0. The van der Waals surface area contributed by atoms with Gasteiger partial charge in [0.1, 0.15) is 29.5 Å². The van der Waals surface area contributed by atoms with Crippen LogP contribution in [0.1, 0.15) is 103 Å². The van der Waals surface area contributed by atoms with Crippen molar-refractivity contribution >= 4 is 41.1 Å². The standard InChI is InChI=1S/C50H60N10O7/c1-8-29-17-18-51-34(21-29)48-60-37-16-14-30(35-25-52-44(54-35)38-11-9-19-58(38)46(61)42(27(2)3)56-49(63)65-6)22-32(37)23-40(60)33-15-13-31(24-41(33)67-48)36-26-53-45(55-36)39-12-10-20-59(39)47(62)43(28(4)5)57-50(64)66-7/h13-16,18,21-29,38-39,42-43,48H,8-12,17,19-20H2,1-7H3,(H,52,54)(H,53,55)(H,56,63)(H,57,64). The van der Waals surface area contributed by atoms with Gasteiger partial charge in [0.2, 0.25) is 18.0 Å². The van der Waals surface area contributed by atoms with Gasteiger partial charge in [-0.3, -0.25) is 19.1 Å². The van der Waals surface area contributed by atoms with Gasteiger partial charge < -0.3 is 44.6 Å². The van der Waals surface area contributed by atoms with Crippen LogP contribution in [0.3, 0.4) is 0 Å². The Morgan fingerprint density at radius 2 is 1.36 bits per heavy atom. The molecule has 4 amide bonds. The van der Waals surface area contributed by atoms with Gasteiger partial charge in [-0.25, -0.2) is 19.6 Å². The molecule has 0 spiro atoms. The van der Waals surface area contributed by atoms with Gasteiger partial charge in [0.15, 0.2) is 0 Å². The lowest BCUT2D eigenvalue weighted by Crippen LogP contribution is -2.51. The Morgan fingerprint density at radius 3 is 1.91 bits per heavy atom. The minimum atomic E-state index is -0.723. The topological polar surface area (TPSA) is 201 Å².